The highest BCUT2D eigenvalue weighted by Gasteiger charge is 2.12. The van der Waals surface area contributed by atoms with Crippen LogP contribution in [0.4, 0.5) is 5.69 Å². The van der Waals surface area contributed by atoms with Crippen LogP contribution in [0.3, 0.4) is 0 Å². The molecular weight excluding hydrogens is 402 g/mol. The Kier molecular flexibility index (Phi) is 4.34. The smallest absolute Gasteiger partial charge is 0.272 e. The van der Waals surface area contributed by atoms with Crippen LogP contribution in [0, 0.1) is 6.92 Å². The molecule has 142 valence electrons. The van der Waals surface area contributed by atoms with Gasteiger partial charge in [-0.2, -0.15) is 0 Å². The second-order valence-corrected chi connectivity index (χ2v) is 8.35. The molecule has 0 aliphatic heterocycles. The number of hydrogen-bond acceptors (Lipinski definition) is 3. The second-order valence-electron chi connectivity index (χ2n) is 6.91. The molecule has 5 aromatic rings. The standard InChI is InChI=1S/C23H16ClN3OS/c1-13-5-10-18-20(11-13)29-23(27-18)14-6-8-16(9-7-14)25-22(28)19-12-15-3-2-4-17(24)21(15)26-19/h2-12,26H,1H3,(H,25,28). The highest BCUT2D eigenvalue weighted by Crippen LogP contribution is 2.31. The number of nitrogens with one attached hydrogen (secondary N) is 2. The number of thiazole rings is 1. The van der Waals surface area contributed by atoms with Gasteiger partial charge in [0.05, 0.1) is 20.8 Å². The van der Waals surface area contributed by atoms with E-state index in [1.54, 1.807) is 23.5 Å². The number of halogens is 1. The summed E-state index contributed by atoms with van der Waals surface area (Å²) < 4.78 is 1.18. The van der Waals surface area contributed by atoms with Crippen LogP contribution in [0.2, 0.25) is 5.02 Å². The van der Waals surface area contributed by atoms with E-state index < -0.39 is 0 Å². The van der Waals surface area contributed by atoms with E-state index in [0.717, 1.165) is 32.7 Å². The van der Waals surface area contributed by atoms with E-state index in [0.29, 0.717) is 10.7 Å². The summed E-state index contributed by atoms with van der Waals surface area (Å²) in [6, 6.07) is 21.4. The second kappa shape index (κ2) is 7.03. The fourth-order valence-corrected chi connectivity index (χ4v) is 4.59. The Morgan fingerprint density at radius 2 is 1.90 bits per heavy atom. The Bertz CT molecular complexity index is 1370. The van der Waals surface area contributed by atoms with Gasteiger partial charge in [-0.25, -0.2) is 4.98 Å². The first kappa shape index (κ1) is 17.9. The quantitative estimate of drug-likeness (QED) is 0.345. The summed E-state index contributed by atoms with van der Waals surface area (Å²) in [5.41, 5.74) is 5.22. The highest BCUT2D eigenvalue weighted by atomic mass is 35.5. The summed E-state index contributed by atoms with van der Waals surface area (Å²) in [4.78, 5) is 20.4. The molecule has 0 aliphatic carbocycles. The first-order valence-electron chi connectivity index (χ1n) is 9.13. The molecule has 4 nitrogen and oxygen atoms in total. The zero-order valence-electron chi connectivity index (χ0n) is 15.5. The van der Waals surface area contributed by atoms with Gasteiger partial charge in [-0.15, -0.1) is 11.3 Å². The van der Waals surface area contributed by atoms with Gasteiger partial charge >= 0.3 is 0 Å². The Hall–Kier alpha value is -3.15. The van der Waals surface area contributed by atoms with Gasteiger partial charge in [-0.05, 0) is 61.0 Å². The van der Waals surface area contributed by atoms with Crippen molar-refractivity contribution in [3.05, 3.63) is 83.0 Å². The third-order valence-electron chi connectivity index (χ3n) is 4.78. The summed E-state index contributed by atoms with van der Waals surface area (Å²) >= 11 is 7.85. The average molecular weight is 418 g/mol. The lowest BCUT2D eigenvalue weighted by Gasteiger charge is -2.04. The number of rotatable bonds is 3. The van der Waals surface area contributed by atoms with Crippen molar-refractivity contribution in [2.24, 2.45) is 0 Å². The van der Waals surface area contributed by atoms with Crippen molar-refractivity contribution in [3.63, 3.8) is 0 Å². The van der Waals surface area contributed by atoms with Crippen molar-refractivity contribution in [1.29, 1.82) is 0 Å². The molecule has 0 spiro atoms. The minimum atomic E-state index is -0.208. The third kappa shape index (κ3) is 3.39. The van der Waals surface area contributed by atoms with Crippen LogP contribution < -0.4 is 5.32 Å². The third-order valence-corrected chi connectivity index (χ3v) is 6.17. The number of carbonyl (C=O) groups is 1. The molecule has 0 saturated carbocycles. The molecule has 0 atom stereocenters. The van der Waals surface area contributed by atoms with E-state index in [-0.39, 0.29) is 5.91 Å². The van der Waals surface area contributed by atoms with E-state index in [9.17, 15) is 4.79 Å². The van der Waals surface area contributed by atoms with Crippen LogP contribution in [-0.2, 0) is 0 Å². The number of aromatic amines is 1. The highest BCUT2D eigenvalue weighted by molar-refractivity contribution is 7.21. The molecule has 0 aliphatic rings. The Labute approximate surface area is 176 Å². The monoisotopic (exact) mass is 417 g/mol. The lowest BCUT2D eigenvalue weighted by molar-refractivity contribution is 0.102. The van der Waals surface area contributed by atoms with Gasteiger partial charge < -0.3 is 10.3 Å². The zero-order chi connectivity index (χ0) is 20.0. The molecule has 2 N–H and O–H groups in total. The molecule has 0 fully saturated rings. The molecule has 0 saturated heterocycles. The number of aromatic nitrogens is 2. The molecule has 0 unspecified atom stereocenters. The number of benzene rings is 3. The molecule has 3 aromatic carbocycles. The molecule has 2 aromatic heterocycles. The van der Waals surface area contributed by atoms with Crippen LogP contribution in [0.5, 0.6) is 0 Å². The largest absolute Gasteiger partial charge is 0.349 e. The Morgan fingerprint density at radius 3 is 2.69 bits per heavy atom. The van der Waals surface area contributed by atoms with Gasteiger partial charge in [0.1, 0.15) is 10.7 Å². The zero-order valence-corrected chi connectivity index (χ0v) is 17.1. The van der Waals surface area contributed by atoms with Gasteiger partial charge in [-0.3, -0.25) is 4.79 Å². The summed E-state index contributed by atoms with van der Waals surface area (Å²) in [6.07, 6.45) is 0. The summed E-state index contributed by atoms with van der Waals surface area (Å²) in [5, 5.41) is 5.39. The van der Waals surface area contributed by atoms with E-state index in [2.05, 4.69) is 29.4 Å². The van der Waals surface area contributed by atoms with Gasteiger partial charge in [0.2, 0.25) is 0 Å². The topological polar surface area (TPSA) is 57.8 Å². The van der Waals surface area contributed by atoms with Crippen molar-refractivity contribution >= 4 is 55.7 Å². The normalized spacial score (nSPS) is 11.2. The van der Waals surface area contributed by atoms with E-state index >= 15 is 0 Å². The van der Waals surface area contributed by atoms with Gasteiger partial charge in [0.15, 0.2) is 0 Å². The van der Waals surface area contributed by atoms with Gasteiger partial charge in [0.25, 0.3) is 5.91 Å². The summed E-state index contributed by atoms with van der Waals surface area (Å²) in [5.74, 6) is -0.208. The summed E-state index contributed by atoms with van der Waals surface area (Å²) in [6.45, 7) is 2.08. The van der Waals surface area contributed by atoms with E-state index in [4.69, 9.17) is 16.6 Å². The summed E-state index contributed by atoms with van der Waals surface area (Å²) in [7, 11) is 0. The van der Waals surface area contributed by atoms with Crippen molar-refractivity contribution in [1.82, 2.24) is 9.97 Å². The number of carbonyl (C=O) groups excluding carboxylic acids is 1. The van der Waals surface area contributed by atoms with Crippen LogP contribution in [-0.4, -0.2) is 15.9 Å². The molecule has 0 bridgehead atoms. The van der Waals surface area contributed by atoms with Crippen molar-refractivity contribution in [3.8, 4) is 10.6 Å². The lowest BCUT2D eigenvalue weighted by Crippen LogP contribution is -2.12. The lowest BCUT2D eigenvalue weighted by atomic mass is 10.2. The number of nitrogens with zero attached hydrogens (tertiary/aromatic N) is 1. The number of H-pyrrole nitrogens is 1. The van der Waals surface area contributed by atoms with E-state index in [1.165, 1.54) is 10.3 Å². The molecule has 29 heavy (non-hydrogen) atoms. The molecule has 1 amide bonds. The molecular formula is C23H16ClN3OS. The minimum Gasteiger partial charge on any atom is -0.349 e. The first-order chi connectivity index (χ1) is 14.1. The molecule has 5 rings (SSSR count). The maximum atomic E-state index is 12.6. The molecule has 0 radical (unpaired) electrons. The van der Waals surface area contributed by atoms with Crippen LogP contribution in [0.1, 0.15) is 16.1 Å². The van der Waals surface area contributed by atoms with Gasteiger partial charge in [0, 0.05) is 16.6 Å². The maximum Gasteiger partial charge on any atom is 0.272 e. The Morgan fingerprint density at radius 1 is 1.07 bits per heavy atom. The number of fused-ring (bicyclic) bond motifs is 2. The van der Waals surface area contributed by atoms with Crippen molar-refractivity contribution < 1.29 is 4.79 Å². The van der Waals surface area contributed by atoms with Crippen LogP contribution >= 0.6 is 22.9 Å². The minimum absolute atomic E-state index is 0.208. The first-order valence-corrected chi connectivity index (χ1v) is 10.3. The Balaban J connectivity index is 1.37. The fourth-order valence-electron chi connectivity index (χ4n) is 3.29. The number of anilines is 1. The predicted molar refractivity (Wildman–Crippen MR) is 121 cm³/mol. The number of aryl methyl sites for hydroxylation is 1. The number of para-hydroxylation sites is 1. The van der Waals surface area contributed by atoms with Crippen molar-refractivity contribution in [2.45, 2.75) is 6.92 Å². The van der Waals surface area contributed by atoms with Crippen LogP contribution in [0.25, 0.3) is 31.7 Å². The SMILES string of the molecule is Cc1ccc2nc(-c3ccc(NC(=O)c4cc5cccc(Cl)c5[nH]4)cc3)sc2c1. The fraction of sp³-hybridized carbons (Fsp3) is 0.0435. The number of hydrogen-bond donors (Lipinski definition) is 2. The average Bonchev–Trinajstić information content (AvgIpc) is 3.33. The van der Waals surface area contributed by atoms with Crippen LogP contribution in [0.15, 0.2) is 66.7 Å². The number of amides is 1. The maximum absolute atomic E-state index is 12.6. The predicted octanol–water partition coefficient (Wildman–Crippen LogP) is 6.66. The van der Waals surface area contributed by atoms with Crippen molar-refractivity contribution in [2.75, 3.05) is 5.32 Å². The molecule has 2 heterocycles. The van der Waals surface area contributed by atoms with E-state index in [1.807, 2.05) is 42.5 Å². The molecule has 6 heteroatoms. The van der Waals surface area contributed by atoms with Gasteiger partial charge in [-0.1, -0.05) is 29.8 Å².